The average molecular weight is 447 g/mol. The molecule has 2 fully saturated rings. The van der Waals surface area contributed by atoms with E-state index in [9.17, 15) is 10.2 Å². The van der Waals surface area contributed by atoms with Crippen LogP contribution < -0.4 is 0 Å². The van der Waals surface area contributed by atoms with Crippen LogP contribution in [0.25, 0.3) is 0 Å². The Kier molecular flexibility index (Phi) is 9.35. The lowest BCUT2D eigenvalue weighted by Crippen LogP contribution is -2.61. The van der Waals surface area contributed by atoms with Gasteiger partial charge < -0.3 is 10.2 Å². The molecule has 2 N–H and O–H groups in total. The number of fused-ring (bicyclic) bond motifs is 5. The zero-order valence-corrected chi connectivity index (χ0v) is 21.8. The van der Waals surface area contributed by atoms with E-state index in [0.29, 0.717) is 0 Å². The second-order valence-corrected chi connectivity index (χ2v) is 12.4. The Bertz CT molecular complexity index is 596. The number of hydrogen-bond donors (Lipinski definition) is 2. The van der Waals surface area contributed by atoms with Crippen molar-refractivity contribution in [1.82, 2.24) is 0 Å². The number of hydrogen-bond acceptors (Lipinski definition) is 2. The first-order valence-corrected chi connectivity index (χ1v) is 14.4. The lowest BCUT2D eigenvalue weighted by molar-refractivity contribution is -0.214. The van der Waals surface area contributed by atoms with Gasteiger partial charge in [0.2, 0.25) is 0 Å². The van der Waals surface area contributed by atoms with Crippen molar-refractivity contribution in [2.75, 3.05) is 0 Å². The molecule has 0 aromatic heterocycles. The normalized spacial score (nSPS) is 41.8. The summed E-state index contributed by atoms with van der Waals surface area (Å²) in [6, 6.07) is 0. The molecule has 0 aromatic carbocycles. The first-order valence-electron chi connectivity index (χ1n) is 14.4. The Balaban J connectivity index is 1.62. The van der Waals surface area contributed by atoms with E-state index in [4.69, 9.17) is 0 Å². The molecular formula is C30H54O2. The number of aliphatic hydroxyl groups is 2. The third-order valence-electron chi connectivity index (χ3n) is 10.4. The van der Waals surface area contributed by atoms with Crippen molar-refractivity contribution in [3.8, 4) is 0 Å². The molecule has 3 aliphatic rings. The minimum Gasteiger partial charge on any atom is -0.387 e. The Morgan fingerprint density at radius 1 is 0.562 bits per heavy atom. The van der Waals surface area contributed by atoms with Gasteiger partial charge in [-0.25, -0.2) is 0 Å². The molecule has 0 aromatic rings. The van der Waals surface area contributed by atoms with E-state index >= 15 is 0 Å². The van der Waals surface area contributed by atoms with E-state index in [0.717, 1.165) is 38.5 Å². The van der Waals surface area contributed by atoms with E-state index < -0.39 is 11.2 Å². The fourth-order valence-corrected chi connectivity index (χ4v) is 8.02. The summed E-state index contributed by atoms with van der Waals surface area (Å²) in [5.41, 5.74) is -1.97. The zero-order valence-electron chi connectivity index (χ0n) is 21.8. The maximum absolute atomic E-state index is 12.2. The molecule has 2 bridgehead atoms. The van der Waals surface area contributed by atoms with Gasteiger partial charge in [-0.05, 0) is 62.7 Å². The predicted molar refractivity (Wildman–Crippen MR) is 137 cm³/mol. The van der Waals surface area contributed by atoms with E-state index in [1.807, 2.05) is 0 Å². The van der Waals surface area contributed by atoms with Crippen LogP contribution in [0.3, 0.4) is 0 Å². The van der Waals surface area contributed by atoms with Gasteiger partial charge >= 0.3 is 0 Å². The van der Waals surface area contributed by atoms with Crippen LogP contribution in [0.15, 0.2) is 12.2 Å². The molecule has 0 saturated heterocycles. The van der Waals surface area contributed by atoms with Crippen molar-refractivity contribution < 1.29 is 10.2 Å². The third-order valence-corrected chi connectivity index (χ3v) is 10.4. The monoisotopic (exact) mass is 446 g/mol. The summed E-state index contributed by atoms with van der Waals surface area (Å²) in [6.45, 7) is 6.95. The predicted octanol–water partition coefficient (Wildman–Crippen LogP) is 8.50. The summed E-state index contributed by atoms with van der Waals surface area (Å²) in [4.78, 5) is 0. The van der Waals surface area contributed by atoms with E-state index in [-0.39, 0.29) is 16.7 Å². The standard InChI is InChI=1S/C30H54O2/c1-27(2)26-22-25-28(27,3)30(32)24-21-19-17-15-13-11-9-7-5-4-6-8-10-12-14-16-18-20-23-29(26,30)31/h4-5,26,31-32H,6-25H2,1-3H3/b5-4+/t26-,28+,29+,30-/m0/s1. The molecular weight excluding hydrogens is 392 g/mol. The summed E-state index contributed by atoms with van der Waals surface area (Å²) < 4.78 is 0. The topological polar surface area (TPSA) is 40.5 Å². The summed E-state index contributed by atoms with van der Waals surface area (Å²) in [5.74, 6) is 0.239. The lowest BCUT2D eigenvalue weighted by atomic mass is 9.59. The van der Waals surface area contributed by atoms with Crippen LogP contribution in [0, 0.1) is 16.7 Å². The molecule has 0 spiro atoms. The molecule has 0 radical (unpaired) electrons. The zero-order chi connectivity index (χ0) is 23.1. The fourth-order valence-electron chi connectivity index (χ4n) is 8.02. The van der Waals surface area contributed by atoms with E-state index in [1.54, 1.807) is 0 Å². The number of rotatable bonds is 0. The Labute approximate surface area is 199 Å². The SMILES string of the molecule is CC1(C)[C@@H]2CC[C@@]1(C)[C@@]1(O)CCCCCCCCC/C=C/CCCCCCCCC[C@@]21O. The van der Waals surface area contributed by atoms with Crippen LogP contribution in [0.2, 0.25) is 0 Å². The van der Waals surface area contributed by atoms with Gasteiger partial charge in [0.1, 0.15) is 0 Å². The quantitative estimate of drug-likeness (QED) is 0.366. The molecule has 2 nitrogen and oxygen atoms in total. The van der Waals surface area contributed by atoms with E-state index in [1.165, 1.54) is 89.9 Å². The molecule has 4 atom stereocenters. The van der Waals surface area contributed by atoms with E-state index in [2.05, 4.69) is 32.9 Å². The highest BCUT2D eigenvalue weighted by Crippen LogP contribution is 2.75. The average Bonchev–Trinajstić information content (AvgIpc) is 3.05. The van der Waals surface area contributed by atoms with Crippen LogP contribution >= 0.6 is 0 Å². The van der Waals surface area contributed by atoms with Crippen molar-refractivity contribution in [1.29, 1.82) is 0 Å². The maximum atomic E-state index is 12.2. The van der Waals surface area contributed by atoms with Crippen molar-refractivity contribution in [3.63, 3.8) is 0 Å². The van der Waals surface area contributed by atoms with Gasteiger partial charge in [0, 0.05) is 5.41 Å². The Morgan fingerprint density at radius 3 is 1.53 bits per heavy atom. The van der Waals surface area contributed by atoms with Crippen LogP contribution in [0.5, 0.6) is 0 Å². The fraction of sp³-hybridized carbons (Fsp3) is 0.933. The minimum atomic E-state index is -0.921. The van der Waals surface area contributed by atoms with Gasteiger partial charge in [0.05, 0.1) is 11.2 Å². The smallest absolute Gasteiger partial charge is 0.0994 e. The second kappa shape index (κ2) is 11.4. The number of allylic oxidation sites excluding steroid dienone is 2. The summed E-state index contributed by atoms with van der Waals surface area (Å²) >= 11 is 0. The molecule has 3 aliphatic carbocycles. The van der Waals surface area contributed by atoms with Gasteiger partial charge in [-0.3, -0.25) is 0 Å². The lowest BCUT2D eigenvalue weighted by Gasteiger charge is -2.52. The van der Waals surface area contributed by atoms with Gasteiger partial charge in [0.15, 0.2) is 0 Å². The molecule has 0 heterocycles. The van der Waals surface area contributed by atoms with Crippen LogP contribution in [0.4, 0.5) is 0 Å². The highest BCUT2D eigenvalue weighted by atomic mass is 16.4. The first kappa shape index (κ1) is 26.3. The van der Waals surface area contributed by atoms with Crippen molar-refractivity contribution in [2.24, 2.45) is 16.7 Å². The molecule has 0 unspecified atom stereocenters. The maximum Gasteiger partial charge on any atom is 0.0994 e. The third kappa shape index (κ3) is 5.02. The minimum absolute atomic E-state index is 0.0107. The molecule has 0 amide bonds. The van der Waals surface area contributed by atoms with Gasteiger partial charge in [-0.15, -0.1) is 0 Å². The molecule has 32 heavy (non-hydrogen) atoms. The molecule has 3 rings (SSSR count). The molecule has 2 heteroatoms. The van der Waals surface area contributed by atoms with Crippen LogP contribution in [0.1, 0.15) is 149 Å². The highest BCUT2D eigenvalue weighted by Gasteiger charge is 2.78. The van der Waals surface area contributed by atoms with Crippen molar-refractivity contribution in [2.45, 2.75) is 160 Å². The Morgan fingerprint density at radius 2 is 1.00 bits per heavy atom. The Hall–Kier alpha value is -0.340. The molecule has 0 aliphatic heterocycles. The molecule has 186 valence electrons. The highest BCUT2D eigenvalue weighted by molar-refractivity contribution is 5.28. The van der Waals surface area contributed by atoms with Gasteiger partial charge in [-0.2, -0.15) is 0 Å². The van der Waals surface area contributed by atoms with Crippen LogP contribution in [-0.4, -0.2) is 21.4 Å². The summed E-state index contributed by atoms with van der Waals surface area (Å²) in [7, 11) is 0. The summed E-state index contributed by atoms with van der Waals surface area (Å²) in [5, 5.41) is 24.3. The van der Waals surface area contributed by atoms with Gasteiger partial charge in [-0.1, -0.05) is 110 Å². The van der Waals surface area contributed by atoms with Crippen LogP contribution in [-0.2, 0) is 0 Å². The van der Waals surface area contributed by atoms with Gasteiger partial charge in [0.25, 0.3) is 0 Å². The summed E-state index contributed by atoms with van der Waals surface area (Å²) in [6.07, 6.45) is 28.8. The van der Waals surface area contributed by atoms with Crippen molar-refractivity contribution in [3.05, 3.63) is 12.2 Å². The second-order valence-electron chi connectivity index (χ2n) is 12.4. The first-order chi connectivity index (χ1) is 15.3. The molecule has 2 saturated carbocycles. The largest absolute Gasteiger partial charge is 0.387 e. The van der Waals surface area contributed by atoms with Crippen molar-refractivity contribution >= 4 is 0 Å².